The van der Waals surface area contributed by atoms with Crippen molar-refractivity contribution in [2.45, 2.75) is 77.3 Å². The van der Waals surface area contributed by atoms with Gasteiger partial charge >= 0.3 is 24.3 Å². The zero-order valence-electron chi connectivity index (χ0n) is 17.2. The molecule has 31 heavy (non-hydrogen) atoms. The van der Waals surface area contributed by atoms with Gasteiger partial charge in [-0.2, -0.15) is 39.5 Å². The van der Waals surface area contributed by atoms with Crippen LogP contribution < -0.4 is 0 Å². The van der Waals surface area contributed by atoms with Crippen molar-refractivity contribution in [1.82, 2.24) is 0 Å². The molecule has 0 spiro atoms. The molecule has 0 aromatic carbocycles. The van der Waals surface area contributed by atoms with Crippen molar-refractivity contribution >= 4 is 5.78 Å². The monoisotopic (exact) mass is 482 g/mol. The van der Waals surface area contributed by atoms with E-state index >= 15 is 0 Å². The number of allylic oxidation sites excluding steroid dienone is 1. The number of hydrogen-bond acceptors (Lipinski definition) is 4. The highest BCUT2D eigenvalue weighted by Gasteiger charge is 2.76. The van der Waals surface area contributed by atoms with Gasteiger partial charge in [0.05, 0.1) is 5.60 Å². The number of rotatable bonds is 10. The van der Waals surface area contributed by atoms with Gasteiger partial charge in [-0.15, -0.1) is 0 Å². The number of aliphatic hydroxyl groups is 1. The summed E-state index contributed by atoms with van der Waals surface area (Å²) >= 11 is 0. The highest BCUT2D eigenvalue weighted by Crippen LogP contribution is 2.48. The molecule has 0 aliphatic heterocycles. The van der Waals surface area contributed by atoms with Crippen molar-refractivity contribution < 1.29 is 63.3 Å². The Morgan fingerprint density at radius 2 is 1.42 bits per heavy atom. The van der Waals surface area contributed by atoms with Gasteiger partial charge in [0.2, 0.25) is 0 Å². The number of carbonyl (C=O) groups is 1. The van der Waals surface area contributed by atoms with Crippen molar-refractivity contribution in [3.63, 3.8) is 0 Å². The van der Waals surface area contributed by atoms with Crippen LogP contribution in [0.4, 0.5) is 43.9 Å². The second-order valence-corrected chi connectivity index (χ2v) is 7.22. The third kappa shape index (κ3) is 9.73. The third-order valence-corrected chi connectivity index (χ3v) is 3.31. The van der Waals surface area contributed by atoms with E-state index in [0.29, 0.717) is 5.57 Å². The molecule has 0 rings (SSSR count). The number of alkyl halides is 10. The minimum absolute atomic E-state index is 0.104. The van der Waals surface area contributed by atoms with Crippen LogP contribution in [0, 0.1) is 5.92 Å². The first-order chi connectivity index (χ1) is 13.4. The van der Waals surface area contributed by atoms with Crippen molar-refractivity contribution in [3.05, 3.63) is 12.2 Å². The summed E-state index contributed by atoms with van der Waals surface area (Å²) in [5.41, 5.74) is -1.37. The van der Waals surface area contributed by atoms with Gasteiger partial charge in [-0.05, 0) is 32.8 Å². The Kier molecular flexibility index (Phi) is 11.2. The summed E-state index contributed by atoms with van der Waals surface area (Å²) in [6.07, 6.45) is -24.0. The molecule has 14 heteroatoms. The van der Waals surface area contributed by atoms with Crippen LogP contribution in [0.2, 0.25) is 0 Å². The summed E-state index contributed by atoms with van der Waals surface area (Å²) in [4.78, 5) is 10.7. The molecule has 0 aliphatic rings. The van der Waals surface area contributed by atoms with Crippen LogP contribution in [-0.2, 0) is 14.3 Å². The first kappa shape index (κ1) is 31.8. The molecule has 1 atom stereocenters. The number of ketones is 1. The smallest absolute Gasteiger partial charge is 0.396 e. The van der Waals surface area contributed by atoms with Gasteiger partial charge < -0.3 is 9.84 Å². The van der Waals surface area contributed by atoms with Crippen LogP contribution in [0.5, 0.6) is 0 Å². The molecule has 0 aromatic rings. The van der Waals surface area contributed by atoms with Gasteiger partial charge in [0, 0.05) is 12.5 Å². The van der Waals surface area contributed by atoms with Gasteiger partial charge in [-0.3, -0.25) is 9.53 Å². The molecule has 0 bridgehead atoms. The molecule has 186 valence electrons. The maximum atomic E-state index is 13.2. The normalized spacial score (nSPS) is 14.7. The van der Waals surface area contributed by atoms with Gasteiger partial charge in [0.15, 0.2) is 5.78 Å². The predicted molar refractivity (Wildman–Crippen MR) is 88.4 cm³/mol. The molecule has 0 radical (unpaired) electrons. The van der Waals surface area contributed by atoms with Crippen LogP contribution in [0.25, 0.3) is 0 Å². The van der Waals surface area contributed by atoms with E-state index in [1.165, 1.54) is 0 Å². The lowest BCUT2D eigenvalue weighted by Gasteiger charge is -2.34. The highest BCUT2D eigenvalue weighted by molar-refractivity contribution is 5.95. The van der Waals surface area contributed by atoms with Crippen LogP contribution in [0.15, 0.2) is 12.2 Å². The molecule has 0 saturated carbocycles. The number of halogens is 10. The minimum atomic E-state index is -6.92. The first-order valence-corrected chi connectivity index (χ1v) is 8.48. The van der Waals surface area contributed by atoms with E-state index in [-0.39, 0.29) is 11.7 Å². The fourth-order valence-electron chi connectivity index (χ4n) is 1.67. The second kappa shape index (κ2) is 10.9. The van der Waals surface area contributed by atoms with E-state index in [9.17, 15) is 48.7 Å². The van der Waals surface area contributed by atoms with E-state index < -0.39 is 49.3 Å². The standard InChI is InChI=1S/C10H12F10O3.C7H12O/c1-6(2,3-4-21)23-7(12,13)5(11)22-10(19,20)8(14,15)9(16,17)18;1-5(2)7(8)6(3)4/h5,21H,3-4H2,1-2H3;6H,1H2,2-4H3. The molecule has 0 aromatic heterocycles. The lowest BCUT2D eigenvalue weighted by atomic mass is 10.0. The molecular weight excluding hydrogens is 458 g/mol. The lowest BCUT2D eigenvalue weighted by Crippen LogP contribution is -2.56. The number of ether oxygens (including phenoxy) is 2. The van der Waals surface area contributed by atoms with E-state index in [4.69, 9.17) is 5.11 Å². The van der Waals surface area contributed by atoms with Gasteiger partial charge in [0.25, 0.3) is 6.36 Å². The SMILES string of the molecule is C=C(C)C(=O)C(C)C.CC(C)(CCO)OC(F)(F)C(F)OC(F)(F)C(F)(F)C(F)(F)F. The van der Waals surface area contributed by atoms with Crippen molar-refractivity contribution in [2.75, 3.05) is 6.61 Å². The van der Waals surface area contributed by atoms with E-state index in [1.54, 1.807) is 6.92 Å². The van der Waals surface area contributed by atoms with Gasteiger partial charge in [-0.25, -0.2) is 4.39 Å². The van der Waals surface area contributed by atoms with Crippen LogP contribution in [0.3, 0.4) is 0 Å². The Bertz CT molecular complexity index is 600. The molecule has 0 fully saturated rings. The van der Waals surface area contributed by atoms with Gasteiger partial charge in [0.1, 0.15) is 0 Å². The minimum Gasteiger partial charge on any atom is -0.396 e. The molecule has 0 heterocycles. The number of Topliss-reactive ketones (excluding diaryl/α,β-unsaturated/α-hetero) is 1. The topological polar surface area (TPSA) is 55.8 Å². The maximum absolute atomic E-state index is 13.2. The number of carbonyl (C=O) groups excluding carboxylic acids is 1. The quantitative estimate of drug-likeness (QED) is 0.323. The molecular formula is C17H24F10O4. The summed E-state index contributed by atoms with van der Waals surface area (Å²) in [6.45, 7) is 9.97. The zero-order valence-corrected chi connectivity index (χ0v) is 17.2. The Hall–Kier alpha value is -1.41. The summed E-state index contributed by atoms with van der Waals surface area (Å²) < 4.78 is 131. The molecule has 1 N–H and O–H groups in total. The highest BCUT2D eigenvalue weighted by atomic mass is 19.4. The fourth-order valence-corrected chi connectivity index (χ4v) is 1.67. The number of aliphatic hydroxyl groups excluding tert-OH is 1. The number of hydrogen-bond donors (Lipinski definition) is 1. The average Bonchev–Trinajstić information content (AvgIpc) is 2.51. The Labute approximate surface area is 172 Å². The van der Waals surface area contributed by atoms with E-state index in [2.05, 4.69) is 16.1 Å². The summed E-state index contributed by atoms with van der Waals surface area (Å²) in [5.74, 6) is -6.65. The third-order valence-electron chi connectivity index (χ3n) is 3.31. The van der Waals surface area contributed by atoms with Crippen molar-refractivity contribution in [3.8, 4) is 0 Å². The molecule has 0 amide bonds. The predicted octanol–water partition coefficient (Wildman–Crippen LogP) is 5.65. The van der Waals surface area contributed by atoms with Crippen molar-refractivity contribution in [1.29, 1.82) is 0 Å². The van der Waals surface area contributed by atoms with E-state index in [1.807, 2.05) is 13.8 Å². The van der Waals surface area contributed by atoms with Crippen LogP contribution >= 0.6 is 0 Å². The molecule has 4 nitrogen and oxygen atoms in total. The summed E-state index contributed by atoms with van der Waals surface area (Å²) in [7, 11) is 0. The average molecular weight is 482 g/mol. The Balaban J connectivity index is 0. The fraction of sp³-hybridized carbons (Fsp3) is 0.824. The summed E-state index contributed by atoms with van der Waals surface area (Å²) in [6, 6.07) is 0. The lowest BCUT2D eigenvalue weighted by molar-refractivity contribution is -0.470. The van der Waals surface area contributed by atoms with Crippen LogP contribution in [0.1, 0.15) is 41.0 Å². The zero-order chi connectivity index (χ0) is 25.6. The first-order valence-electron chi connectivity index (χ1n) is 8.48. The summed E-state index contributed by atoms with van der Waals surface area (Å²) in [5, 5.41) is 8.53. The molecule has 1 unspecified atom stereocenters. The maximum Gasteiger partial charge on any atom is 0.462 e. The van der Waals surface area contributed by atoms with Gasteiger partial charge in [-0.1, -0.05) is 20.4 Å². The molecule has 0 aliphatic carbocycles. The van der Waals surface area contributed by atoms with E-state index in [0.717, 1.165) is 13.8 Å². The Morgan fingerprint density at radius 1 is 1.00 bits per heavy atom. The van der Waals surface area contributed by atoms with Crippen LogP contribution in [-0.4, -0.2) is 53.8 Å². The largest absolute Gasteiger partial charge is 0.462 e. The Morgan fingerprint density at radius 3 is 1.68 bits per heavy atom. The molecule has 0 saturated heterocycles. The second-order valence-electron chi connectivity index (χ2n) is 7.22. The van der Waals surface area contributed by atoms with Crippen molar-refractivity contribution in [2.24, 2.45) is 5.92 Å².